The van der Waals surface area contributed by atoms with Gasteiger partial charge in [-0.25, -0.2) is 0 Å². The van der Waals surface area contributed by atoms with Gasteiger partial charge in [0, 0.05) is 6.42 Å². The van der Waals surface area contributed by atoms with Crippen LogP contribution in [-0.4, -0.2) is 68.5 Å². The van der Waals surface area contributed by atoms with E-state index in [9.17, 15) is 19.4 Å². The largest absolute Gasteiger partial charge is 0.756 e. The van der Waals surface area contributed by atoms with Gasteiger partial charge in [0.15, 0.2) is 0 Å². The molecule has 1 amide bonds. The average molecular weight is 643 g/mol. The van der Waals surface area contributed by atoms with Gasteiger partial charge in [0.25, 0.3) is 7.82 Å². The molecule has 0 spiro atoms. The number of unbranched alkanes of at least 4 members (excludes halogenated alkanes) is 11. The summed E-state index contributed by atoms with van der Waals surface area (Å²) in [4.78, 5) is 25.0. The van der Waals surface area contributed by atoms with Crippen LogP contribution in [0.1, 0.15) is 129 Å². The second-order valence-corrected chi connectivity index (χ2v) is 14.3. The van der Waals surface area contributed by atoms with E-state index < -0.39 is 20.0 Å². The van der Waals surface area contributed by atoms with E-state index in [0.29, 0.717) is 23.9 Å². The third-order valence-corrected chi connectivity index (χ3v) is 8.36. The molecule has 0 aliphatic heterocycles. The Labute approximate surface area is 270 Å². The molecule has 0 aromatic rings. The smallest absolute Gasteiger partial charge is 0.268 e. The predicted molar refractivity (Wildman–Crippen MR) is 182 cm³/mol. The fourth-order valence-corrected chi connectivity index (χ4v) is 5.30. The molecule has 0 aromatic carbocycles. The molecule has 9 heteroatoms. The van der Waals surface area contributed by atoms with Gasteiger partial charge in [0.05, 0.1) is 39.9 Å². The number of likely N-dealkylation sites (N-methyl/N-ethyl adjacent to an activating group) is 1. The Morgan fingerprint density at radius 1 is 0.818 bits per heavy atom. The second kappa shape index (κ2) is 28.0. The van der Waals surface area contributed by atoms with Crippen LogP contribution in [0.2, 0.25) is 0 Å². The highest BCUT2D eigenvalue weighted by Gasteiger charge is 2.24. The lowest BCUT2D eigenvalue weighted by atomic mass is 10.0. The van der Waals surface area contributed by atoms with Crippen molar-refractivity contribution in [1.82, 2.24) is 5.32 Å². The minimum Gasteiger partial charge on any atom is -0.756 e. The first-order valence-corrected chi connectivity index (χ1v) is 18.8. The molecule has 3 atom stereocenters. The first-order valence-electron chi connectivity index (χ1n) is 17.3. The van der Waals surface area contributed by atoms with Crippen LogP contribution in [0, 0.1) is 0 Å². The van der Waals surface area contributed by atoms with Crippen molar-refractivity contribution in [3.63, 3.8) is 0 Å². The third kappa shape index (κ3) is 29.4. The van der Waals surface area contributed by atoms with E-state index >= 15 is 0 Å². The molecule has 0 aromatic heterocycles. The van der Waals surface area contributed by atoms with Crippen LogP contribution in [0.5, 0.6) is 0 Å². The maximum absolute atomic E-state index is 12.7. The van der Waals surface area contributed by atoms with Crippen molar-refractivity contribution in [3.05, 3.63) is 36.5 Å². The fourth-order valence-electron chi connectivity index (χ4n) is 4.58. The number of hydrogen-bond acceptors (Lipinski definition) is 6. The minimum atomic E-state index is -4.55. The zero-order chi connectivity index (χ0) is 32.9. The number of nitrogens with zero attached hydrogens (tertiary/aromatic N) is 1. The van der Waals surface area contributed by atoms with Crippen LogP contribution in [0.4, 0.5) is 0 Å². The SMILES string of the molecule is CC/C=C\C/C=C\C/C=C\CCCCCCCC(=O)NC(COP(=O)([O-])OCC[N+](C)(C)C)C(O)CCCCCCCCC. The van der Waals surface area contributed by atoms with Gasteiger partial charge in [-0.1, -0.05) is 115 Å². The van der Waals surface area contributed by atoms with E-state index in [4.69, 9.17) is 9.05 Å². The summed E-state index contributed by atoms with van der Waals surface area (Å²) in [7, 11) is 1.28. The number of nitrogens with one attached hydrogen (secondary N) is 1. The summed E-state index contributed by atoms with van der Waals surface area (Å²) < 4.78 is 23.0. The Hall–Kier alpha value is -1.28. The molecule has 0 radical (unpaired) electrons. The maximum Gasteiger partial charge on any atom is 0.268 e. The van der Waals surface area contributed by atoms with Gasteiger partial charge in [-0.2, -0.15) is 0 Å². The highest BCUT2D eigenvalue weighted by Crippen LogP contribution is 2.38. The minimum absolute atomic E-state index is 0.00667. The topological polar surface area (TPSA) is 108 Å². The molecule has 0 aliphatic rings. The van der Waals surface area contributed by atoms with Crippen molar-refractivity contribution >= 4 is 13.7 Å². The lowest BCUT2D eigenvalue weighted by Crippen LogP contribution is -2.46. The van der Waals surface area contributed by atoms with Crippen molar-refractivity contribution in [2.45, 2.75) is 142 Å². The first kappa shape index (κ1) is 42.7. The molecule has 44 heavy (non-hydrogen) atoms. The molecular formula is C35H67N2O6P. The molecule has 2 N–H and O–H groups in total. The molecular weight excluding hydrogens is 575 g/mol. The van der Waals surface area contributed by atoms with E-state index in [2.05, 4.69) is 55.6 Å². The molecule has 0 heterocycles. The summed E-state index contributed by atoms with van der Waals surface area (Å²) in [6, 6.07) is -0.804. The van der Waals surface area contributed by atoms with Crippen molar-refractivity contribution < 1.29 is 32.9 Å². The highest BCUT2D eigenvalue weighted by atomic mass is 31.2. The van der Waals surface area contributed by atoms with Gasteiger partial charge in [0.1, 0.15) is 13.2 Å². The monoisotopic (exact) mass is 642 g/mol. The first-order chi connectivity index (χ1) is 21.0. The van der Waals surface area contributed by atoms with Gasteiger partial charge >= 0.3 is 0 Å². The Bertz CT molecular complexity index is 825. The lowest BCUT2D eigenvalue weighted by molar-refractivity contribution is -0.870. The summed E-state index contributed by atoms with van der Waals surface area (Å²) >= 11 is 0. The highest BCUT2D eigenvalue weighted by molar-refractivity contribution is 7.45. The van der Waals surface area contributed by atoms with Gasteiger partial charge in [0.2, 0.25) is 5.91 Å². The van der Waals surface area contributed by atoms with Gasteiger partial charge < -0.3 is 28.8 Å². The molecule has 0 rings (SSSR count). The zero-order valence-corrected chi connectivity index (χ0v) is 29.7. The summed E-state index contributed by atoms with van der Waals surface area (Å²) in [5.41, 5.74) is 0. The number of aliphatic hydroxyl groups is 1. The standard InChI is InChI=1S/C35H67N2O6P/c1-6-8-10-12-14-15-16-17-18-19-20-21-23-25-27-29-35(39)36-33(34(38)28-26-24-22-13-11-9-7-2)32-43-44(40,41)42-31-30-37(3,4)5/h8,10,14-15,17-18,33-34,38H,6-7,9,11-13,16,19-32H2,1-5H3,(H-,36,39,40,41)/b10-8-,15-14-,18-17-. The Kier molecular flexibility index (Phi) is 27.2. The van der Waals surface area contributed by atoms with Crippen LogP contribution in [0.15, 0.2) is 36.5 Å². The normalized spacial score (nSPS) is 15.3. The molecule has 0 fully saturated rings. The van der Waals surface area contributed by atoms with E-state index in [-0.39, 0.29) is 19.1 Å². The molecule has 0 saturated carbocycles. The maximum atomic E-state index is 12.7. The molecule has 3 unspecified atom stereocenters. The number of aliphatic hydroxyl groups excluding tert-OH is 1. The molecule has 258 valence electrons. The van der Waals surface area contributed by atoms with Crippen LogP contribution >= 0.6 is 7.82 Å². The quantitative estimate of drug-likeness (QED) is 0.0359. The number of hydrogen-bond donors (Lipinski definition) is 2. The number of carbonyl (C=O) groups excluding carboxylic acids is 1. The molecule has 0 bridgehead atoms. The van der Waals surface area contributed by atoms with Crippen molar-refractivity contribution in [3.8, 4) is 0 Å². The summed E-state index contributed by atoms with van der Waals surface area (Å²) in [6.07, 6.45) is 30.2. The molecule has 0 saturated heterocycles. The Morgan fingerprint density at radius 3 is 2.02 bits per heavy atom. The number of quaternary nitrogens is 1. The summed E-state index contributed by atoms with van der Waals surface area (Å²) in [5.74, 6) is -0.190. The van der Waals surface area contributed by atoms with E-state index in [0.717, 1.165) is 77.0 Å². The van der Waals surface area contributed by atoms with Crippen LogP contribution in [0.25, 0.3) is 0 Å². The summed E-state index contributed by atoms with van der Waals surface area (Å²) in [6.45, 7) is 4.50. The van der Waals surface area contributed by atoms with E-state index in [1.165, 1.54) is 25.7 Å². The Balaban J connectivity index is 4.47. The van der Waals surface area contributed by atoms with Crippen LogP contribution in [-0.2, 0) is 18.4 Å². The zero-order valence-electron chi connectivity index (χ0n) is 28.9. The second-order valence-electron chi connectivity index (χ2n) is 12.8. The number of phosphoric ester groups is 1. The van der Waals surface area contributed by atoms with Gasteiger partial charge in [-0.3, -0.25) is 9.36 Å². The van der Waals surface area contributed by atoms with E-state index in [1.807, 2.05) is 21.1 Å². The number of amides is 1. The van der Waals surface area contributed by atoms with Gasteiger partial charge in [-0.05, 0) is 44.9 Å². The molecule has 0 aliphatic carbocycles. The lowest BCUT2D eigenvalue weighted by Gasteiger charge is -2.30. The van der Waals surface area contributed by atoms with Crippen molar-refractivity contribution in [2.75, 3.05) is 40.9 Å². The number of rotatable bonds is 30. The number of carbonyl (C=O) groups is 1. The number of allylic oxidation sites excluding steroid dienone is 6. The average Bonchev–Trinajstić information content (AvgIpc) is 2.95. The Morgan fingerprint density at radius 2 is 1.39 bits per heavy atom. The number of phosphoric acid groups is 1. The predicted octanol–water partition coefficient (Wildman–Crippen LogP) is 7.77. The van der Waals surface area contributed by atoms with Crippen molar-refractivity contribution in [1.29, 1.82) is 0 Å². The van der Waals surface area contributed by atoms with Gasteiger partial charge in [-0.15, -0.1) is 0 Å². The van der Waals surface area contributed by atoms with E-state index in [1.54, 1.807) is 0 Å². The fraction of sp³-hybridized carbons (Fsp3) is 0.800. The summed E-state index contributed by atoms with van der Waals surface area (Å²) in [5, 5.41) is 13.7. The third-order valence-electron chi connectivity index (χ3n) is 7.39. The van der Waals surface area contributed by atoms with Crippen LogP contribution in [0.3, 0.4) is 0 Å². The molecule has 8 nitrogen and oxygen atoms in total. The van der Waals surface area contributed by atoms with Crippen molar-refractivity contribution in [2.24, 2.45) is 0 Å². The van der Waals surface area contributed by atoms with Crippen LogP contribution < -0.4 is 10.2 Å².